The first-order valence-corrected chi connectivity index (χ1v) is 8.55. The van der Waals surface area contributed by atoms with Crippen molar-refractivity contribution >= 4 is 0 Å². The highest BCUT2D eigenvalue weighted by atomic mass is 16.6. The molecule has 1 N–H and O–H groups in total. The maximum absolute atomic E-state index is 9.87. The van der Waals surface area contributed by atoms with Gasteiger partial charge in [0.2, 0.25) is 0 Å². The Bertz CT molecular complexity index is 369. The molecule has 0 rings (SSSR count). The molecule has 0 aromatic heterocycles. The normalized spacial score (nSPS) is 14.4. The van der Waals surface area contributed by atoms with Gasteiger partial charge in [-0.25, -0.2) is 0 Å². The quantitative estimate of drug-likeness (QED) is 0.387. The molecule has 128 valence electrons. The van der Waals surface area contributed by atoms with Gasteiger partial charge in [0.25, 0.3) is 0 Å². The number of hydrogen-bond acceptors (Lipinski definition) is 2. The predicted molar refractivity (Wildman–Crippen MR) is 96.8 cm³/mol. The summed E-state index contributed by atoms with van der Waals surface area (Å²) in [4.78, 5) is 0. The zero-order valence-electron chi connectivity index (χ0n) is 15.5. The van der Waals surface area contributed by atoms with Crippen molar-refractivity contribution in [2.24, 2.45) is 5.92 Å². The van der Waals surface area contributed by atoms with E-state index in [-0.39, 0.29) is 0 Å². The van der Waals surface area contributed by atoms with Crippen LogP contribution in [0.3, 0.4) is 0 Å². The lowest BCUT2D eigenvalue weighted by Crippen LogP contribution is -2.12. The van der Waals surface area contributed by atoms with Gasteiger partial charge in [-0.15, -0.1) is 0 Å². The van der Waals surface area contributed by atoms with Crippen LogP contribution in [-0.2, 0) is 4.74 Å². The Morgan fingerprint density at radius 1 is 0.955 bits per heavy atom. The van der Waals surface area contributed by atoms with Gasteiger partial charge in [-0.2, -0.15) is 0 Å². The first-order chi connectivity index (χ1) is 10.3. The molecule has 0 fully saturated rings. The van der Waals surface area contributed by atoms with Crippen LogP contribution in [0.1, 0.15) is 73.6 Å². The highest BCUT2D eigenvalue weighted by Crippen LogP contribution is 2.13. The molecule has 0 saturated carbocycles. The van der Waals surface area contributed by atoms with Crippen LogP contribution in [0, 0.1) is 5.92 Å². The fourth-order valence-corrected chi connectivity index (χ4v) is 2.15. The molecule has 0 saturated heterocycles. The lowest BCUT2D eigenvalue weighted by atomic mass is 10.0. The Hall–Kier alpha value is -0.860. The third-order valence-electron chi connectivity index (χ3n) is 3.63. The van der Waals surface area contributed by atoms with Crippen molar-refractivity contribution in [1.82, 2.24) is 0 Å². The van der Waals surface area contributed by atoms with Crippen molar-refractivity contribution < 1.29 is 9.84 Å². The van der Waals surface area contributed by atoms with Crippen molar-refractivity contribution in [3.05, 3.63) is 34.9 Å². The van der Waals surface area contributed by atoms with E-state index in [2.05, 4.69) is 46.8 Å². The molecule has 22 heavy (non-hydrogen) atoms. The lowest BCUT2D eigenvalue weighted by molar-refractivity contribution is -0.0679. The molecule has 0 radical (unpaired) electrons. The van der Waals surface area contributed by atoms with Gasteiger partial charge in [-0.05, 0) is 78.7 Å². The number of aliphatic hydroxyl groups excluding tert-OH is 1. The van der Waals surface area contributed by atoms with Crippen LogP contribution in [0.4, 0.5) is 0 Å². The summed E-state index contributed by atoms with van der Waals surface area (Å²) in [6.45, 7) is 13.4. The Labute approximate surface area is 138 Å². The molecule has 2 heteroatoms. The zero-order valence-corrected chi connectivity index (χ0v) is 15.5. The molecule has 0 aliphatic rings. The highest BCUT2D eigenvalue weighted by molar-refractivity contribution is 5.03. The summed E-state index contributed by atoms with van der Waals surface area (Å²) >= 11 is 0. The monoisotopic (exact) mass is 308 g/mol. The van der Waals surface area contributed by atoms with Gasteiger partial charge in [-0.1, -0.05) is 35.8 Å². The van der Waals surface area contributed by atoms with Crippen LogP contribution in [0.25, 0.3) is 0 Å². The summed E-state index contributed by atoms with van der Waals surface area (Å²) in [6.07, 6.45) is 10.9. The first-order valence-electron chi connectivity index (χ1n) is 8.55. The molecule has 0 aromatic rings. The molecule has 0 spiro atoms. The number of ether oxygens (including phenoxy) is 1. The molecule has 0 amide bonds. The SMILES string of the molecule is CC(C)=CCC/C(C)=C\C(O)OCCC(C)CCC=C(C)C. The van der Waals surface area contributed by atoms with E-state index in [9.17, 15) is 5.11 Å². The lowest BCUT2D eigenvalue weighted by Gasteiger charge is -2.13. The van der Waals surface area contributed by atoms with Gasteiger partial charge in [0, 0.05) is 0 Å². The summed E-state index contributed by atoms with van der Waals surface area (Å²) in [7, 11) is 0. The minimum absolute atomic E-state index is 0.620. The predicted octanol–water partition coefficient (Wildman–Crippen LogP) is 5.79. The van der Waals surface area contributed by atoms with Crippen molar-refractivity contribution in [3.8, 4) is 0 Å². The molecule has 0 bridgehead atoms. The average molecular weight is 309 g/mol. The minimum Gasteiger partial charge on any atom is -0.365 e. The largest absolute Gasteiger partial charge is 0.365 e. The second kappa shape index (κ2) is 12.7. The third-order valence-corrected chi connectivity index (χ3v) is 3.63. The van der Waals surface area contributed by atoms with Crippen molar-refractivity contribution in [2.75, 3.05) is 6.61 Å². The molecule has 0 heterocycles. The molecule has 2 atom stereocenters. The second-order valence-electron chi connectivity index (χ2n) is 6.85. The van der Waals surface area contributed by atoms with Gasteiger partial charge in [0.15, 0.2) is 6.29 Å². The van der Waals surface area contributed by atoms with Gasteiger partial charge >= 0.3 is 0 Å². The summed E-state index contributed by atoms with van der Waals surface area (Å²) in [5, 5.41) is 9.87. The Morgan fingerprint density at radius 3 is 2.14 bits per heavy atom. The van der Waals surface area contributed by atoms with Gasteiger partial charge < -0.3 is 9.84 Å². The van der Waals surface area contributed by atoms with E-state index in [0.29, 0.717) is 12.5 Å². The van der Waals surface area contributed by atoms with Gasteiger partial charge in [0.1, 0.15) is 0 Å². The van der Waals surface area contributed by atoms with E-state index in [1.54, 1.807) is 0 Å². The van der Waals surface area contributed by atoms with Crippen LogP contribution < -0.4 is 0 Å². The fourth-order valence-electron chi connectivity index (χ4n) is 2.15. The van der Waals surface area contributed by atoms with Crippen LogP contribution in [0.5, 0.6) is 0 Å². The Kier molecular flexibility index (Phi) is 12.2. The van der Waals surface area contributed by atoms with E-state index in [4.69, 9.17) is 4.74 Å². The Morgan fingerprint density at radius 2 is 1.55 bits per heavy atom. The fraction of sp³-hybridized carbons (Fsp3) is 0.700. The first kappa shape index (κ1) is 21.1. The van der Waals surface area contributed by atoms with Crippen LogP contribution in [-0.4, -0.2) is 18.0 Å². The van der Waals surface area contributed by atoms with Gasteiger partial charge in [0.05, 0.1) is 6.61 Å². The number of allylic oxidation sites excluding steroid dienone is 5. The van der Waals surface area contributed by atoms with Crippen LogP contribution in [0.15, 0.2) is 34.9 Å². The van der Waals surface area contributed by atoms with Crippen molar-refractivity contribution in [1.29, 1.82) is 0 Å². The number of rotatable bonds is 11. The number of hydrogen-bond donors (Lipinski definition) is 1. The van der Waals surface area contributed by atoms with Crippen LogP contribution in [0.2, 0.25) is 0 Å². The molecule has 2 unspecified atom stereocenters. The second-order valence-corrected chi connectivity index (χ2v) is 6.85. The summed E-state index contributed by atoms with van der Waals surface area (Å²) in [5.41, 5.74) is 3.90. The summed E-state index contributed by atoms with van der Waals surface area (Å²) in [5.74, 6) is 0.630. The summed E-state index contributed by atoms with van der Waals surface area (Å²) < 4.78 is 5.49. The standard InChI is InChI=1S/C20H36O2/c1-16(2)9-7-11-18(5)13-14-22-20(21)15-19(6)12-8-10-17(3)4/h9-10,15,18,20-21H,7-8,11-14H2,1-6H3/b19-15-. The molecule has 0 aliphatic heterocycles. The molecular weight excluding hydrogens is 272 g/mol. The van der Waals surface area contributed by atoms with Gasteiger partial charge in [-0.3, -0.25) is 0 Å². The maximum Gasteiger partial charge on any atom is 0.174 e. The van der Waals surface area contributed by atoms with E-state index < -0.39 is 6.29 Å². The molecule has 0 aromatic carbocycles. The van der Waals surface area contributed by atoms with E-state index in [0.717, 1.165) is 25.7 Å². The molecular formula is C20H36O2. The Balaban J connectivity index is 3.85. The zero-order chi connectivity index (χ0) is 17.0. The average Bonchev–Trinajstić information content (AvgIpc) is 2.37. The van der Waals surface area contributed by atoms with Crippen molar-refractivity contribution in [3.63, 3.8) is 0 Å². The van der Waals surface area contributed by atoms with E-state index in [1.165, 1.54) is 23.1 Å². The van der Waals surface area contributed by atoms with E-state index >= 15 is 0 Å². The van der Waals surface area contributed by atoms with Crippen LogP contribution >= 0.6 is 0 Å². The number of aliphatic hydroxyl groups is 1. The summed E-state index contributed by atoms with van der Waals surface area (Å²) in [6, 6.07) is 0. The minimum atomic E-state index is -0.767. The molecule has 0 aliphatic carbocycles. The third kappa shape index (κ3) is 14.1. The molecule has 2 nitrogen and oxygen atoms in total. The highest BCUT2D eigenvalue weighted by Gasteiger charge is 2.05. The topological polar surface area (TPSA) is 29.5 Å². The maximum atomic E-state index is 9.87. The van der Waals surface area contributed by atoms with E-state index in [1.807, 2.05) is 13.0 Å². The smallest absolute Gasteiger partial charge is 0.174 e. The van der Waals surface area contributed by atoms with Crippen molar-refractivity contribution in [2.45, 2.75) is 79.9 Å².